The van der Waals surface area contributed by atoms with E-state index in [1.807, 2.05) is 12.3 Å². The Morgan fingerprint density at radius 3 is 3.14 bits per heavy atom. The predicted octanol–water partition coefficient (Wildman–Crippen LogP) is 3.38. The Morgan fingerprint density at radius 1 is 1.62 bits per heavy atom. The lowest BCUT2D eigenvalue weighted by Gasteiger charge is -1.95. The van der Waals surface area contributed by atoms with Crippen molar-refractivity contribution in [1.29, 1.82) is 5.26 Å². The Bertz CT molecular complexity index is 735. The van der Waals surface area contributed by atoms with E-state index in [-0.39, 0.29) is 5.69 Å². The number of hydrogen-bond donors (Lipinski definition) is 1. The Kier molecular flexibility index (Phi) is 4.86. The summed E-state index contributed by atoms with van der Waals surface area (Å²) in [5.41, 5.74) is 4.13. The molecule has 7 nitrogen and oxygen atoms in total. The number of nitro benzene ring substituents is 1. The van der Waals surface area contributed by atoms with Crippen LogP contribution in [0.15, 0.2) is 33.6 Å². The van der Waals surface area contributed by atoms with Crippen molar-refractivity contribution in [3.05, 3.63) is 45.6 Å². The number of nitrogens with zero attached hydrogens (tertiary/aromatic N) is 4. The molecule has 0 spiro atoms. The number of thiazole rings is 1. The first-order chi connectivity index (χ1) is 10.1. The molecule has 0 saturated carbocycles. The lowest BCUT2D eigenvalue weighted by atomic mass is 10.2. The summed E-state index contributed by atoms with van der Waals surface area (Å²) >= 11 is 2.38. The standard InChI is InChI=1S/C12H9N5O2S2/c1-8-11(20-7-13)21-12(15-8)16-14-6-9-3-2-4-10(5-9)17(18)19/h2-6H,1H3,(H,15,16)/b14-6-. The number of aryl methyl sites for hydroxylation is 1. The number of nitriles is 1. The highest BCUT2D eigenvalue weighted by molar-refractivity contribution is 8.05. The number of nitrogens with one attached hydrogen (secondary N) is 1. The first-order valence-corrected chi connectivity index (χ1v) is 7.30. The van der Waals surface area contributed by atoms with Crippen LogP contribution in [0.2, 0.25) is 0 Å². The van der Waals surface area contributed by atoms with E-state index in [2.05, 4.69) is 15.5 Å². The number of aromatic nitrogens is 1. The summed E-state index contributed by atoms with van der Waals surface area (Å²) < 4.78 is 0.811. The third-order valence-corrected chi connectivity index (χ3v) is 4.28. The second kappa shape index (κ2) is 6.83. The maximum Gasteiger partial charge on any atom is 0.270 e. The van der Waals surface area contributed by atoms with Crippen LogP contribution in [-0.4, -0.2) is 16.1 Å². The quantitative estimate of drug-likeness (QED) is 0.298. The summed E-state index contributed by atoms with van der Waals surface area (Å²) in [5.74, 6) is 0. The van der Waals surface area contributed by atoms with E-state index in [0.717, 1.165) is 21.7 Å². The van der Waals surface area contributed by atoms with Crippen LogP contribution < -0.4 is 5.43 Å². The molecule has 2 aromatic rings. The number of thioether (sulfide) groups is 1. The number of thiocyanates is 1. The molecule has 1 aromatic carbocycles. The van der Waals surface area contributed by atoms with Crippen LogP contribution >= 0.6 is 23.1 Å². The van der Waals surface area contributed by atoms with E-state index >= 15 is 0 Å². The zero-order valence-electron chi connectivity index (χ0n) is 10.8. The fourth-order valence-electron chi connectivity index (χ4n) is 1.45. The number of hydrazone groups is 1. The van der Waals surface area contributed by atoms with Crippen molar-refractivity contribution in [2.45, 2.75) is 11.1 Å². The molecule has 0 aliphatic rings. The minimum absolute atomic E-state index is 0.0109. The number of nitro groups is 1. The second-order valence-corrected chi connectivity index (χ2v) is 5.86. The number of anilines is 1. The zero-order valence-corrected chi connectivity index (χ0v) is 12.4. The van der Waals surface area contributed by atoms with E-state index in [1.54, 1.807) is 12.1 Å². The molecule has 0 amide bonds. The van der Waals surface area contributed by atoms with E-state index in [1.165, 1.54) is 29.7 Å². The lowest BCUT2D eigenvalue weighted by molar-refractivity contribution is -0.384. The summed E-state index contributed by atoms with van der Waals surface area (Å²) in [6.45, 7) is 1.81. The van der Waals surface area contributed by atoms with Crippen molar-refractivity contribution in [2.75, 3.05) is 5.43 Å². The van der Waals surface area contributed by atoms with Gasteiger partial charge in [0.15, 0.2) is 0 Å². The number of non-ortho nitro benzene ring substituents is 1. The normalized spacial score (nSPS) is 10.5. The predicted molar refractivity (Wildman–Crippen MR) is 82.6 cm³/mol. The monoisotopic (exact) mass is 319 g/mol. The van der Waals surface area contributed by atoms with E-state index in [4.69, 9.17) is 5.26 Å². The fraction of sp³-hybridized carbons (Fsp3) is 0.0833. The molecule has 0 fully saturated rings. The first kappa shape index (κ1) is 15.0. The van der Waals surface area contributed by atoms with Crippen molar-refractivity contribution in [3.8, 4) is 5.40 Å². The smallest absolute Gasteiger partial charge is 0.258 e. The summed E-state index contributed by atoms with van der Waals surface area (Å²) in [5, 5.41) is 25.8. The summed E-state index contributed by atoms with van der Waals surface area (Å²) in [4.78, 5) is 14.4. The van der Waals surface area contributed by atoms with Gasteiger partial charge in [-0.2, -0.15) is 10.4 Å². The van der Waals surface area contributed by atoms with Crippen molar-refractivity contribution >= 4 is 40.1 Å². The number of hydrogen-bond acceptors (Lipinski definition) is 8. The highest BCUT2D eigenvalue weighted by Gasteiger charge is 2.07. The van der Waals surface area contributed by atoms with Crippen molar-refractivity contribution in [2.24, 2.45) is 5.10 Å². The zero-order chi connectivity index (χ0) is 15.2. The van der Waals surface area contributed by atoms with Crippen molar-refractivity contribution in [3.63, 3.8) is 0 Å². The maximum absolute atomic E-state index is 10.7. The van der Waals surface area contributed by atoms with Crippen LogP contribution in [-0.2, 0) is 0 Å². The first-order valence-electron chi connectivity index (χ1n) is 5.67. The SMILES string of the molecule is Cc1nc(N/N=C\c2cccc([N+](=O)[O-])c2)sc1SC#N. The molecule has 0 aliphatic heterocycles. The number of rotatable bonds is 5. The highest BCUT2D eigenvalue weighted by Crippen LogP contribution is 2.31. The summed E-state index contributed by atoms with van der Waals surface area (Å²) in [6, 6.07) is 6.15. The van der Waals surface area contributed by atoms with Gasteiger partial charge in [0.2, 0.25) is 5.13 Å². The Morgan fingerprint density at radius 2 is 2.43 bits per heavy atom. The van der Waals surface area contributed by atoms with E-state index < -0.39 is 4.92 Å². The molecule has 1 aromatic heterocycles. The molecular weight excluding hydrogens is 310 g/mol. The Labute approximate surface area is 128 Å². The van der Waals surface area contributed by atoms with Gasteiger partial charge in [-0.1, -0.05) is 23.5 Å². The van der Waals surface area contributed by atoms with Crippen LogP contribution in [0.1, 0.15) is 11.3 Å². The molecule has 0 atom stereocenters. The van der Waals surface area contributed by atoms with Gasteiger partial charge < -0.3 is 0 Å². The minimum Gasteiger partial charge on any atom is -0.258 e. The van der Waals surface area contributed by atoms with Gasteiger partial charge in [-0.3, -0.25) is 15.5 Å². The summed E-state index contributed by atoms with van der Waals surface area (Å²) in [7, 11) is 0. The third kappa shape index (κ3) is 4.01. The summed E-state index contributed by atoms with van der Waals surface area (Å²) in [6.07, 6.45) is 1.47. The molecule has 0 bridgehead atoms. The third-order valence-electron chi connectivity index (χ3n) is 2.35. The molecule has 1 heterocycles. The average Bonchev–Trinajstić information content (AvgIpc) is 2.80. The average molecular weight is 319 g/mol. The molecule has 0 aliphatic carbocycles. The van der Waals surface area contributed by atoms with Gasteiger partial charge in [-0.05, 0) is 6.92 Å². The van der Waals surface area contributed by atoms with Crippen molar-refractivity contribution in [1.82, 2.24) is 4.98 Å². The molecule has 21 heavy (non-hydrogen) atoms. The van der Waals surface area contributed by atoms with Gasteiger partial charge in [-0.15, -0.1) is 0 Å². The van der Waals surface area contributed by atoms with Gasteiger partial charge in [0, 0.05) is 29.5 Å². The molecule has 0 saturated heterocycles. The molecule has 9 heteroatoms. The number of benzene rings is 1. The molecule has 0 radical (unpaired) electrons. The minimum atomic E-state index is -0.458. The van der Waals surface area contributed by atoms with Gasteiger partial charge >= 0.3 is 0 Å². The molecule has 0 unspecified atom stereocenters. The Balaban J connectivity index is 2.05. The van der Waals surface area contributed by atoms with Crippen LogP contribution in [0.3, 0.4) is 0 Å². The van der Waals surface area contributed by atoms with Crippen LogP contribution in [0.4, 0.5) is 10.8 Å². The van der Waals surface area contributed by atoms with E-state index in [9.17, 15) is 10.1 Å². The molecular formula is C12H9N5O2S2. The van der Waals surface area contributed by atoms with Gasteiger partial charge in [0.1, 0.15) is 5.40 Å². The highest BCUT2D eigenvalue weighted by atomic mass is 32.2. The van der Waals surface area contributed by atoms with Crippen LogP contribution in [0, 0.1) is 27.7 Å². The van der Waals surface area contributed by atoms with E-state index in [0.29, 0.717) is 10.7 Å². The van der Waals surface area contributed by atoms with Crippen LogP contribution in [0.5, 0.6) is 0 Å². The van der Waals surface area contributed by atoms with Crippen molar-refractivity contribution < 1.29 is 4.92 Å². The van der Waals surface area contributed by atoms with Gasteiger partial charge in [-0.25, -0.2) is 4.98 Å². The molecule has 1 N–H and O–H groups in total. The van der Waals surface area contributed by atoms with Gasteiger partial charge in [0.25, 0.3) is 5.69 Å². The maximum atomic E-state index is 10.7. The van der Waals surface area contributed by atoms with Gasteiger partial charge in [0.05, 0.1) is 21.0 Å². The second-order valence-electron chi connectivity index (χ2n) is 3.81. The lowest BCUT2D eigenvalue weighted by Crippen LogP contribution is -1.92. The topological polar surface area (TPSA) is 104 Å². The molecule has 106 valence electrons. The largest absolute Gasteiger partial charge is 0.270 e. The fourth-order valence-corrected chi connectivity index (χ4v) is 2.89. The molecule has 2 rings (SSSR count). The Hall–Kier alpha value is -2.44. The van der Waals surface area contributed by atoms with Crippen LogP contribution in [0.25, 0.3) is 0 Å².